The third-order valence-corrected chi connectivity index (χ3v) is 4.87. The third-order valence-electron chi connectivity index (χ3n) is 4.87. The number of hydrogen-bond acceptors (Lipinski definition) is 5. The predicted octanol–water partition coefficient (Wildman–Crippen LogP) is 2.01. The Morgan fingerprint density at radius 3 is 2.57 bits per heavy atom. The minimum atomic E-state index is -0.118. The second kappa shape index (κ2) is 8.93. The zero-order chi connectivity index (χ0) is 20.1. The first-order chi connectivity index (χ1) is 13.5. The van der Waals surface area contributed by atoms with Gasteiger partial charge in [0.2, 0.25) is 0 Å². The van der Waals surface area contributed by atoms with E-state index < -0.39 is 0 Å². The molecule has 1 aromatic heterocycles. The molecule has 0 aliphatic carbocycles. The van der Waals surface area contributed by atoms with Gasteiger partial charge in [0.1, 0.15) is 24.2 Å². The van der Waals surface area contributed by atoms with Gasteiger partial charge in [-0.1, -0.05) is 0 Å². The van der Waals surface area contributed by atoms with Gasteiger partial charge in [0.25, 0.3) is 11.5 Å². The molecule has 7 nitrogen and oxygen atoms in total. The van der Waals surface area contributed by atoms with E-state index in [4.69, 9.17) is 14.2 Å². The molecule has 1 aromatic carbocycles. The molecule has 0 radical (unpaired) electrons. The number of hydrogen-bond donors (Lipinski definition) is 0. The maximum Gasteiger partial charge on any atom is 0.254 e. The SMILES string of the molecule is COCCOc1ccc(C(=O)N2CCC(Oc3cc(C)n(C)c(=O)c3)C2)cc1. The van der Waals surface area contributed by atoms with Crippen LogP contribution < -0.4 is 15.0 Å². The molecule has 3 rings (SSSR count). The van der Waals surface area contributed by atoms with Crippen LogP contribution in [0.2, 0.25) is 0 Å². The number of methoxy groups -OCH3 is 1. The summed E-state index contributed by atoms with van der Waals surface area (Å²) in [6.07, 6.45) is 0.616. The maximum absolute atomic E-state index is 12.7. The van der Waals surface area contributed by atoms with Crippen LogP contribution in [0.25, 0.3) is 0 Å². The van der Waals surface area contributed by atoms with Crippen molar-refractivity contribution in [3.8, 4) is 11.5 Å². The van der Waals surface area contributed by atoms with Crippen molar-refractivity contribution in [2.24, 2.45) is 7.05 Å². The number of carbonyl (C=O) groups is 1. The summed E-state index contributed by atoms with van der Waals surface area (Å²) < 4.78 is 18.0. The highest BCUT2D eigenvalue weighted by Gasteiger charge is 2.28. The van der Waals surface area contributed by atoms with Crippen molar-refractivity contribution in [2.75, 3.05) is 33.4 Å². The van der Waals surface area contributed by atoms with Gasteiger partial charge in [-0.25, -0.2) is 0 Å². The fourth-order valence-corrected chi connectivity index (χ4v) is 3.13. The minimum Gasteiger partial charge on any atom is -0.491 e. The number of rotatable bonds is 7. The van der Waals surface area contributed by atoms with Gasteiger partial charge in [0, 0.05) is 44.4 Å². The molecule has 1 aliphatic rings. The van der Waals surface area contributed by atoms with Gasteiger partial charge in [0.05, 0.1) is 13.2 Å². The number of ether oxygens (including phenoxy) is 3. The van der Waals surface area contributed by atoms with Crippen molar-refractivity contribution in [2.45, 2.75) is 19.4 Å². The van der Waals surface area contributed by atoms with Crippen LogP contribution in [0.5, 0.6) is 11.5 Å². The summed E-state index contributed by atoms with van der Waals surface area (Å²) in [7, 11) is 3.35. The van der Waals surface area contributed by atoms with E-state index in [1.54, 1.807) is 47.9 Å². The topological polar surface area (TPSA) is 70.0 Å². The number of aryl methyl sites for hydroxylation is 1. The molecule has 1 amide bonds. The average molecular weight is 386 g/mol. The van der Waals surface area contributed by atoms with E-state index in [-0.39, 0.29) is 17.6 Å². The highest BCUT2D eigenvalue weighted by molar-refractivity contribution is 5.94. The number of carbonyl (C=O) groups excluding carboxylic acids is 1. The lowest BCUT2D eigenvalue weighted by molar-refractivity contribution is 0.0772. The molecule has 0 N–H and O–H groups in total. The van der Waals surface area contributed by atoms with Crippen molar-refractivity contribution in [3.05, 3.63) is 58.0 Å². The summed E-state index contributed by atoms with van der Waals surface area (Å²) in [5.74, 6) is 1.23. The standard InChI is InChI=1S/C21H26N2O5/c1-15-12-19(13-20(24)22(15)2)28-18-8-9-23(14-18)21(25)16-4-6-17(7-5-16)27-11-10-26-3/h4-7,12-13,18H,8-11,14H2,1-3H3. The Balaban J connectivity index is 1.57. The number of likely N-dealkylation sites (tertiary alicyclic amines) is 1. The Morgan fingerprint density at radius 2 is 1.89 bits per heavy atom. The van der Waals surface area contributed by atoms with Crippen LogP contribution in [0.4, 0.5) is 0 Å². The van der Waals surface area contributed by atoms with Crippen molar-refractivity contribution >= 4 is 5.91 Å². The fraction of sp³-hybridized carbons (Fsp3) is 0.429. The quantitative estimate of drug-likeness (QED) is 0.681. The van der Waals surface area contributed by atoms with Crippen LogP contribution in [0.3, 0.4) is 0 Å². The van der Waals surface area contributed by atoms with Crippen LogP contribution in [0.1, 0.15) is 22.5 Å². The van der Waals surface area contributed by atoms with E-state index in [1.165, 1.54) is 6.07 Å². The smallest absolute Gasteiger partial charge is 0.254 e. The third kappa shape index (κ3) is 4.72. The fourth-order valence-electron chi connectivity index (χ4n) is 3.13. The van der Waals surface area contributed by atoms with E-state index in [2.05, 4.69) is 0 Å². The number of pyridine rings is 1. The van der Waals surface area contributed by atoms with E-state index in [0.717, 1.165) is 12.1 Å². The first-order valence-electron chi connectivity index (χ1n) is 9.33. The maximum atomic E-state index is 12.7. The van der Waals surface area contributed by atoms with Gasteiger partial charge in [0.15, 0.2) is 0 Å². The van der Waals surface area contributed by atoms with Crippen LogP contribution in [-0.2, 0) is 11.8 Å². The second-order valence-electron chi connectivity index (χ2n) is 6.88. The normalized spacial score (nSPS) is 16.2. The number of nitrogens with zero attached hydrogens (tertiary/aromatic N) is 2. The molecule has 1 aliphatic heterocycles. The zero-order valence-electron chi connectivity index (χ0n) is 16.5. The molecule has 1 saturated heterocycles. The van der Waals surface area contributed by atoms with Crippen LogP contribution >= 0.6 is 0 Å². The van der Waals surface area contributed by atoms with Crippen LogP contribution in [-0.4, -0.2) is 54.9 Å². The lowest BCUT2D eigenvalue weighted by atomic mass is 10.2. The molecule has 1 fully saturated rings. The summed E-state index contributed by atoms with van der Waals surface area (Å²) in [6, 6.07) is 10.4. The Labute approximate surface area is 164 Å². The Bertz CT molecular complexity index is 875. The Kier molecular flexibility index (Phi) is 6.36. The van der Waals surface area contributed by atoms with Crippen molar-refractivity contribution in [1.29, 1.82) is 0 Å². The molecule has 0 saturated carbocycles. The minimum absolute atomic E-state index is 0.0327. The first-order valence-corrected chi connectivity index (χ1v) is 9.33. The summed E-state index contributed by atoms with van der Waals surface area (Å²) in [5.41, 5.74) is 1.35. The molecule has 2 aromatic rings. The molecule has 0 bridgehead atoms. The lowest BCUT2D eigenvalue weighted by Gasteiger charge is -2.18. The molecule has 1 atom stereocenters. The van der Waals surface area contributed by atoms with Gasteiger partial charge in [-0.05, 0) is 37.3 Å². The van der Waals surface area contributed by atoms with Gasteiger partial charge in [-0.2, -0.15) is 0 Å². The number of benzene rings is 1. The average Bonchev–Trinajstić information content (AvgIpc) is 3.14. The van der Waals surface area contributed by atoms with Crippen molar-refractivity contribution < 1.29 is 19.0 Å². The van der Waals surface area contributed by atoms with Gasteiger partial charge < -0.3 is 23.7 Å². The van der Waals surface area contributed by atoms with Crippen molar-refractivity contribution in [1.82, 2.24) is 9.47 Å². The molecule has 7 heteroatoms. The van der Waals surface area contributed by atoms with E-state index in [1.807, 2.05) is 13.0 Å². The summed E-state index contributed by atoms with van der Waals surface area (Å²) in [5, 5.41) is 0. The molecule has 1 unspecified atom stereocenters. The van der Waals surface area contributed by atoms with Gasteiger partial charge >= 0.3 is 0 Å². The van der Waals surface area contributed by atoms with Gasteiger partial charge in [-0.3, -0.25) is 9.59 Å². The zero-order valence-corrected chi connectivity index (χ0v) is 16.5. The Hall–Kier alpha value is -2.80. The number of aromatic nitrogens is 1. The van der Waals surface area contributed by atoms with E-state index in [0.29, 0.717) is 43.4 Å². The molecule has 2 heterocycles. The van der Waals surface area contributed by atoms with Crippen LogP contribution in [0, 0.1) is 6.92 Å². The second-order valence-corrected chi connectivity index (χ2v) is 6.88. The predicted molar refractivity (Wildman–Crippen MR) is 105 cm³/mol. The highest BCUT2D eigenvalue weighted by atomic mass is 16.5. The molecule has 150 valence electrons. The highest BCUT2D eigenvalue weighted by Crippen LogP contribution is 2.21. The largest absolute Gasteiger partial charge is 0.491 e. The molecular formula is C21H26N2O5. The molecular weight excluding hydrogens is 360 g/mol. The molecule has 28 heavy (non-hydrogen) atoms. The van der Waals surface area contributed by atoms with E-state index in [9.17, 15) is 9.59 Å². The van der Waals surface area contributed by atoms with Gasteiger partial charge in [-0.15, -0.1) is 0 Å². The summed E-state index contributed by atoms with van der Waals surface area (Å²) in [6.45, 7) is 3.97. The van der Waals surface area contributed by atoms with Crippen LogP contribution in [0.15, 0.2) is 41.2 Å². The first kappa shape index (κ1) is 19.9. The monoisotopic (exact) mass is 386 g/mol. The summed E-state index contributed by atoms with van der Waals surface area (Å²) >= 11 is 0. The lowest BCUT2D eigenvalue weighted by Crippen LogP contribution is -2.31. The molecule has 0 spiro atoms. The number of amides is 1. The summed E-state index contributed by atoms with van der Waals surface area (Å²) in [4.78, 5) is 26.4. The van der Waals surface area contributed by atoms with E-state index >= 15 is 0 Å². The van der Waals surface area contributed by atoms with Crippen molar-refractivity contribution in [3.63, 3.8) is 0 Å². The Morgan fingerprint density at radius 1 is 1.14 bits per heavy atom.